The van der Waals surface area contributed by atoms with Crippen molar-refractivity contribution in [2.75, 3.05) is 7.11 Å². The molecule has 1 rings (SSSR count). The molecule has 1 aromatic rings. The maximum atomic E-state index is 11.8. The highest BCUT2D eigenvalue weighted by molar-refractivity contribution is 5.87. The highest BCUT2D eigenvalue weighted by Gasteiger charge is 2.20. The number of carbonyl (C=O) groups is 2. The lowest BCUT2D eigenvalue weighted by Crippen LogP contribution is -2.40. The number of rotatable bonds is 5. The first-order valence-electron chi connectivity index (χ1n) is 5.62. The van der Waals surface area contributed by atoms with Gasteiger partial charge in [0, 0.05) is 0 Å². The number of nitrogens with one attached hydrogen (secondary N) is 1. The van der Waals surface area contributed by atoms with E-state index >= 15 is 0 Å². The number of carboxylic acid groups (broad SMARTS) is 1. The van der Waals surface area contributed by atoms with E-state index in [4.69, 9.17) is 9.84 Å². The Hall–Kier alpha value is -2.04. The van der Waals surface area contributed by atoms with Crippen LogP contribution in [0.1, 0.15) is 25.3 Å². The molecule has 0 radical (unpaired) electrons. The number of carbonyl (C=O) groups excluding carboxylic acids is 1. The predicted molar refractivity (Wildman–Crippen MR) is 66.6 cm³/mol. The van der Waals surface area contributed by atoms with Crippen molar-refractivity contribution in [3.63, 3.8) is 0 Å². The topological polar surface area (TPSA) is 75.6 Å². The van der Waals surface area contributed by atoms with Crippen LogP contribution in [0, 0.1) is 0 Å². The van der Waals surface area contributed by atoms with E-state index in [0.717, 1.165) is 5.56 Å². The molecule has 1 aromatic carbocycles. The van der Waals surface area contributed by atoms with Crippen molar-refractivity contribution in [1.82, 2.24) is 5.32 Å². The van der Waals surface area contributed by atoms with Crippen LogP contribution in [0.15, 0.2) is 24.3 Å². The van der Waals surface area contributed by atoms with Gasteiger partial charge in [0.15, 0.2) is 0 Å². The van der Waals surface area contributed by atoms with E-state index in [2.05, 4.69) is 5.32 Å². The number of ether oxygens (including phenoxy) is 1. The van der Waals surface area contributed by atoms with Crippen molar-refractivity contribution in [1.29, 1.82) is 0 Å². The molecule has 1 unspecified atom stereocenters. The molecule has 0 spiro atoms. The van der Waals surface area contributed by atoms with Crippen molar-refractivity contribution in [2.24, 2.45) is 0 Å². The fourth-order valence-corrected chi connectivity index (χ4v) is 1.44. The zero-order valence-electron chi connectivity index (χ0n) is 10.6. The lowest BCUT2D eigenvalue weighted by atomic mass is 10.00. The number of carboxylic acids is 1. The Morgan fingerprint density at radius 1 is 1.22 bits per heavy atom. The van der Waals surface area contributed by atoms with Gasteiger partial charge < -0.3 is 15.2 Å². The van der Waals surface area contributed by atoms with Gasteiger partial charge in [-0.25, -0.2) is 0 Å². The smallest absolute Gasteiger partial charge is 0.325 e. The summed E-state index contributed by atoms with van der Waals surface area (Å²) in [6.45, 7) is 3.16. The van der Waals surface area contributed by atoms with Crippen LogP contribution in [-0.2, 0) is 9.59 Å². The van der Waals surface area contributed by atoms with Gasteiger partial charge in [-0.05, 0) is 31.5 Å². The third-order valence-electron chi connectivity index (χ3n) is 2.74. The Balaban J connectivity index is 2.70. The molecule has 98 valence electrons. The maximum Gasteiger partial charge on any atom is 0.325 e. The van der Waals surface area contributed by atoms with E-state index in [-0.39, 0.29) is 5.91 Å². The van der Waals surface area contributed by atoms with Gasteiger partial charge in [-0.3, -0.25) is 9.59 Å². The minimum atomic E-state index is -1.05. The van der Waals surface area contributed by atoms with Gasteiger partial charge in [-0.15, -0.1) is 0 Å². The molecule has 2 atom stereocenters. The summed E-state index contributed by atoms with van der Waals surface area (Å²) >= 11 is 0. The third-order valence-corrected chi connectivity index (χ3v) is 2.74. The lowest BCUT2D eigenvalue weighted by Gasteiger charge is -2.15. The van der Waals surface area contributed by atoms with Crippen LogP contribution < -0.4 is 10.1 Å². The highest BCUT2D eigenvalue weighted by Crippen LogP contribution is 2.19. The summed E-state index contributed by atoms with van der Waals surface area (Å²) in [6.07, 6.45) is 0. The molecule has 0 saturated heterocycles. The van der Waals surface area contributed by atoms with E-state index in [1.807, 2.05) is 0 Å². The summed E-state index contributed by atoms with van der Waals surface area (Å²) in [5.74, 6) is -1.05. The normalized spacial score (nSPS) is 13.5. The molecule has 2 N–H and O–H groups in total. The maximum absolute atomic E-state index is 11.8. The molecule has 0 bridgehead atoms. The van der Waals surface area contributed by atoms with Crippen molar-refractivity contribution >= 4 is 11.9 Å². The number of aliphatic carboxylic acids is 1. The predicted octanol–water partition coefficient (Wildman–Crippen LogP) is 1.39. The van der Waals surface area contributed by atoms with Gasteiger partial charge in [0.1, 0.15) is 11.8 Å². The lowest BCUT2D eigenvalue weighted by molar-refractivity contribution is -0.141. The average molecular weight is 251 g/mol. The number of hydrogen-bond acceptors (Lipinski definition) is 3. The fraction of sp³-hybridized carbons (Fsp3) is 0.385. The van der Waals surface area contributed by atoms with Gasteiger partial charge in [-0.2, -0.15) is 0 Å². The molecule has 0 aliphatic heterocycles. The van der Waals surface area contributed by atoms with Crippen LogP contribution in [0.25, 0.3) is 0 Å². The fourth-order valence-electron chi connectivity index (χ4n) is 1.44. The van der Waals surface area contributed by atoms with E-state index in [9.17, 15) is 9.59 Å². The number of benzene rings is 1. The molecule has 1 amide bonds. The van der Waals surface area contributed by atoms with E-state index in [1.54, 1.807) is 38.3 Å². The van der Waals surface area contributed by atoms with Crippen molar-refractivity contribution in [2.45, 2.75) is 25.8 Å². The second-order valence-corrected chi connectivity index (χ2v) is 4.06. The first-order chi connectivity index (χ1) is 8.45. The number of methoxy groups -OCH3 is 1. The summed E-state index contributed by atoms with van der Waals surface area (Å²) in [4.78, 5) is 22.5. The van der Waals surface area contributed by atoms with Crippen molar-refractivity contribution in [3.8, 4) is 5.75 Å². The molecule has 5 heteroatoms. The van der Waals surface area contributed by atoms with Crippen LogP contribution in [0.4, 0.5) is 0 Å². The molecule has 0 aliphatic carbocycles. The molecule has 0 aliphatic rings. The SMILES string of the molecule is COc1ccc(C(C)C(=O)N[C@@H](C)C(=O)O)cc1. The van der Waals surface area contributed by atoms with Crippen LogP contribution >= 0.6 is 0 Å². The van der Waals surface area contributed by atoms with Crippen molar-refractivity contribution in [3.05, 3.63) is 29.8 Å². The van der Waals surface area contributed by atoms with Gasteiger partial charge in [0.25, 0.3) is 0 Å². The average Bonchev–Trinajstić information content (AvgIpc) is 2.37. The molecular weight excluding hydrogens is 234 g/mol. The first-order valence-corrected chi connectivity index (χ1v) is 5.62. The minimum Gasteiger partial charge on any atom is -0.497 e. The van der Waals surface area contributed by atoms with Gasteiger partial charge in [0.2, 0.25) is 5.91 Å². The summed E-state index contributed by atoms with van der Waals surface area (Å²) < 4.78 is 5.03. The first kappa shape index (κ1) is 14.0. The highest BCUT2D eigenvalue weighted by atomic mass is 16.5. The largest absolute Gasteiger partial charge is 0.497 e. The number of amides is 1. The minimum absolute atomic E-state index is 0.310. The van der Waals surface area contributed by atoms with Gasteiger partial charge >= 0.3 is 5.97 Å². The van der Waals surface area contributed by atoms with Crippen LogP contribution in [0.2, 0.25) is 0 Å². The van der Waals surface area contributed by atoms with E-state index in [1.165, 1.54) is 6.92 Å². The standard InChI is InChI=1S/C13H17NO4/c1-8(12(15)14-9(2)13(16)17)10-4-6-11(18-3)7-5-10/h4-9H,1-3H3,(H,14,15)(H,16,17)/t8?,9-/m0/s1. The van der Waals surface area contributed by atoms with Crippen LogP contribution in [0.5, 0.6) is 5.75 Å². The Labute approximate surface area is 106 Å². The third kappa shape index (κ3) is 3.48. The second-order valence-electron chi connectivity index (χ2n) is 4.06. The number of hydrogen-bond donors (Lipinski definition) is 2. The Bertz CT molecular complexity index is 427. The summed E-state index contributed by atoms with van der Waals surface area (Å²) in [7, 11) is 1.57. The summed E-state index contributed by atoms with van der Waals surface area (Å²) in [6, 6.07) is 6.21. The second kappa shape index (κ2) is 6.05. The Kier molecular flexibility index (Phi) is 4.71. The Morgan fingerprint density at radius 3 is 2.22 bits per heavy atom. The molecule has 0 aromatic heterocycles. The molecular formula is C13H17NO4. The monoisotopic (exact) mass is 251 g/mol. The molecule has 5 nitrogen and oxygen atoms in total. The van der Waals surface area contributed by atoms with Crippen molar-refractivity contribution < 1.29 is 19.4 Å². The van der Waals surface area contributed by atoms with E-state index in [0.29, 0.717) is 5.75 Å². The molecule has 0 saturated carbocycles. The van der Waals surface area contributed by atoms with Crippen LogP contribution in [-0.4, -0.2) is 30.1 Å². The Morgan fingerprint density at radius 2 is 1.78 bits per heavy atom. The molecule has 0 fully saturated rings. The quantitative estimate of drug-likeness (QED) is 0.829. The van der Waals surface area contributed by atoms with Gasteiger partial charge in [-0.1, -0.05) is 12.1 Å². The summed E-state index contributed by atoms with van der Waals surface area (Å²) in [5, 5.41) is 11.2. The summed E-state index contributed by atoms with van der Waals surface area (Å²) in [5.41, 5.74) is 0.811. The van der Waals surface area contributed by atoms with E-state index < -0.39 is 17.9 Å². The van der Waals surface area contributed by atoms with Crippen LogP contribution in [0.3, 0.4) is 0 Å². The van der Waals surface area contributed by atoms with Gasteiger partial charge in [0.05, 0.1) is 13.0 Å². The zero-order chi connectivity index (χ0) is 13.7. The molecule has 0 heterocycles. The molecule has 18 heavy (non-hydrogen) atoms. The zero-order valence-corrected chi connectivity index (χ0v) is 10.6.